The van der Waals surface area contributed by atoms with E-state index < -0.39 is 0 Å². The van der Waals surface area contributed by atoms with E-state index in [9.17, 15) is 4.79 Å². The fourth-order valence-corrected chi connectivity index (χ4v) is 2.08. The van der Waals surface area contributed by atoms with E-state index in [0.29, 0.717) is 18.0 Å². The second-order valence-electron chi connectivity index (χ2n) is 3.49. The number of hydrogen-bond acceptors (Lipinski definition) is 3. The average Bonchev–Trinajstić information content (AvgIpc) is 2.89. The third-order valence-electron chi connectivity index (χ3n) is 2.28. The molecule has 2 rings (SSSR count). The molecule has 0 unspecified atom stereocenters. The number of carbonyl (C=O) groups is 1. The van der Waals surface area contributed by atoms with Crippen LogP contribution < -0.4 is 5.32 Å². The van der Waals surface area contributed by atoms with Gasteiger partial charge in [-0.25, -0.2) is 4.98 Å². The van der Waals surface area contributed by atoms with Crippen LogP contribution in [0.5, 0.6) is 0 Å². The number of nitrogens with zero attached hydrogens (tertiary/aromatic N) is 1. The van der Waals surface area contributed by atoms with E-state index in [1.54, 1.807) is 17.6 Å². The van der Waals surface area contributed by atoms with Gasteiger partial charge in [0.15, 0.2) is 0 Å². The zero-order valence-electron chi connectivity index (χ0n) is 9.02. The lowest BCUT2D eigenvalue weighted by Gasteiger charge is -2.03. The summed E-state index contributed by atoms with van der Waals surface area (Å²) in [5, 5.41) is 4.72. The lowest BCUT2D eigenvalue weighted by atomic mass is 10.1. The van der Waals surface area contributed by atoms with Gasteiger partial charge >= 0.3 is 0 Å². The lowest BCUT2D eigenvalue weighted by molar-refractivity contribution is 0.0950. The zero-order chi connectivity index (χ0) is 12.1. The van der Waals surface area contributed by atoms with Gasteiger partial charge in [-0.15, -0.1) is 22.9 Å². The summed E-state index contributed by atoms with van der Waals surface area (Å²) in [7, 11) is 0. The van der Waals surface area contributed by atoms with Crippen molar-refractivity contribution in [3.05, 3.63) is 52.0 Å². The summed E-state index contributed by atoms with van der Waals surface area (Å²) in [5.74, 6) is 0.361. The maximum atomic E-state index is 11.8. The van der Waals surface area contributed by atoms with Gasteiger partial charge in [-0.05, 0) is 17.7 Å². The number of thiazole rings is 1. The van der Waals surface area contributed by atoms with Crippen molar-refractivity contribution in [3.8, 4) is 0 Å². The number of alkyl halides is 1. The van der Waals surface area contributed by atoms with Crippen molar-refractivity contribution in [1.29, 1.82) is 0 Å². The molecule has 0 aliphatic carbocycles. The third-order valence-corrected chi connectivity index (χ3v) is 3.23. The van der Waals surface area contributed by atoms with Gasteiger partial charge in [-0.3, -0.25) is 4.79 Å². The molecular formula is C12H11ClN2OS. The van der Waals surface area contributed by atoms with Gasteiger partial charge < -0.3 is 5.32 Å². The summed E-state index contributed by atoms with van der Waals surface area (Å²) >= 11 is 7.19. The van der Waals surface area contributed by atoms with Crippen molar-refractivity contribution < 1.29 is 4.79 Å². The fraction of sp³-hybridized carbons (Fsp3) is 0.167. The van der Waals surface area contributed by atoms with Crippen LogP contribution in [0.4, 0.5) is 0 Å². The maximum absolute atomic E-state index is 11.8. The number of benzene rings is 1. The predicted molar refractivity (Wildman–Crippen MR) is 69.3 cm³/mol. The number of hydrogen-bond donors (Lipinski definition) is 1. The van der Waals surface area contributed by atoms with Crippen molar-refractivity contribution in [2.45, 2.75) is 12.4 Å². The summed E-state index contributed by atoms with van der Waals surface area (Å²) in [6, 6.07) is 7.25. The van der Waals surface area contributed by atoms with E-state index in [-0.39, 0.29) is 5.91 Å². The highest BCUT2D eigenvalue weighted by molar-refractivity contribution is 7.07. The average molecular weight is 267 g/mol. The summed E-state index contributed by atoms with van der Waals surface area (Å²) in [4.78, 5) is 15.9. The molecule has 0 spiro atoms. The van der Waals surface area contributed by atoms with Crippen molar-refractivity contribution in [3.63, 3.8) is 0 Å². The second-order valence-corrected chi connectivity index (χ2v) is 4.48. The van der Waals surface area contributed by atoms with Crippen LogP contribution in [-0.2, 0) is 12.4 Å². The monoisotopic (exact) mass is 266 g/mol. The van der Waals surface area contributed by atoms with Gasteiger partial charge in [-0.2, -0.15) is 0 Å². The van der Waals surface area contributed by atoms with Gasteiger partial charge in [0.25, 0.3) is 5.91 Å². The second kappa shape index (κ2) is 5.80. The number of halogens is 1. The molecule has 0 bridgehead atoms. The Morgan fingerprint density at radius 3 is 2.71 bits per heavy atom. The minimum Gasteiger partial charge on any atom is -0.346 e. The van der Waals surface area contributed by atoms with Crippen LogP contribution in [0.15, 0.2) is 35.2 Å². The highest BCUT2D eigenvalue weighted by Crippen LogP contribution is 2.07. The topological polar surface area (TPSA) is 42.0 Å². The van der Waals surface area contributed by atoms with Crippen LogP contribution in [0, 0.1) is 0 Å². The molecule has 2 aromatic rings. The lowest BCUT2D eigenvalue weighted by Crippen LogP contribution is -2.22. The number of amides is 1. The van der Waals surface area contributed by atoms with Crippen molar-refractivity contribution in [1.82, 2.24) is 10.3 Å². The van der Waals surface area contributed by atoms with Gasteiger partial charge in [0.1, 0.15) is 0 Å². The highest BCUT2D eigenvalue weighted by Gasteiger charge is 2.05. The molecule has 3 nitrogen and oxygen atoms in total. The Labute approximate surface area is 108 Å². The van der Waals surface area contributed by atoms with Crippen LogP contribution >= 0.6 is 22.9 Å². The molecule has 1 aromatic carbocycles. The molecule has 1 N–H and O–H groups in total. The summed E-state index contributed by atoms with van der Waals surface area (Å²) in [6.45, 7) is 0.458. The normalized spacial score (nSPS) is 10.2. The third kappa shape index (κ3) is 3.28. The van der Waals surface area contributed by atoms with Crippen molar-refractivity contribution >= 4 is 28.8 Å². The number of nitrogens with one attached hydrogen (secondary N) is 1. The molecule has 0 radical (unpaired) electrons. The molecule has 1 amide bonds. The Balaban J connectivity index is 1.95. The SMILES string of the molecule is O=C(NCc1cscn1)c1ccc(CCl)cc1. The number of aromatic nitrogens is 1. The maximum Gasteiger partial charge on any atom is 0.251 e. The zero-order valence-corrected chi connectivity index (χ0v) is 10.6. The predicted octanol–water partition coefficient (Wildman–Crippen LogP) is 2.81. The van der Waals surface area contributed by atoms with Crippen LogP contribution in [0.25, 0.3) is 0 Å². The molecule has 0 aliphatic heterocycles. The quantitative estimate of drug-likeness (QED) is 0.865. The molecule has 1 heterocycles. The van der Waals surface area contributed by atoms with Gasteiger partial charge in [0.2, 0.25) is 0 Å². The molecule has 0 atom stereocenters. The standard InChI is InChI=1S/C12H11ClN2OS/c13-5-9-1-3-10(4-2-9)12(16)14-6-11-7-17-8-15-11/h1-4,7-8H,5-6H2,(H,14,16). The van der Waals surface area contributed by atoms with E-state index in [1.807, 2.05) is 17.5 Å². The van der Waals surface area contributed by atoms with E-state index in [4.69, 9.17) is 11.6 Å². The molecule has 0 saturated heterocycles. The first-order chi connectivity index (χ1) is 8.29. The first kappa shape index (κ1) is 12.1. The van der Waals surface area contributed by atoms with Gasteiger partial charge in [0.05, 0.1) is 17.7 Å². The van der Waals surface area contributed by atoms with Crippen LogP contribution in [0.2, 0.25) is 0 Å². The Kier molecular flexibility index (Phi) is 4.12. The summed E-state index contributed by atoms with van der Waals surface area (Å²) < 4.78 is 0. The van der Waals surface area contributed by atoms with Crippen LogP contribution in [0.1, 0.15) is 21.6 Å². The molecule has 17 heavy (non-hydrogen) atoms. The van der Waals surface area contributed by atoms with Crippen LogP contribution in [-0.4, -0.2) is 10.9 Å². The minimum atomic E-state index is -0.0980. The Morgan fingerprint density at radius 1 is 1.35 bits per heavy atom. The molecular weight excluding hydrogens is 256 g/mol. The molecule has 0 saturated carbocycles. The molecule has 1 aromatic heterocycles. The fourth-order valence-electron chi connectivity index (χ4n) is 1.34. The van der Waals surface area contributed by atoms with Crippen molar-refractivity contribution in [2.75, 3.05) is 0 Å². The number of carbonyl (C=O) groups excluding carboxylic acids is 1. The molecule has 5 heteroatoms. The number of rotatable bonds is 4. The summed E-state index contributed by atoms with van der Waals surface area (Å²) in [6.07, 6.45) is 0. The first-order valence-corrected chi connectivity index (χ1v) is 6.57. The molecule has 0 fully saturated rings. The minimum absolute atomic E-state index is 0.0980. The largest absolute Gasteiger partial charge is 0.346 e. The Morgan fingerprint density at radius 2 is 2.12 bits per heavy atom. The highest BCUT2D eigenvalue weighted by atomic mass is 35.5. The van der Waals surface area contributed by atoms with Crippen LogP contribution in [0.3, 0.4) is 0 Å². The Bertz CT molecular complexity index is 482. The van der Waals surface area contributed by atoms with Gasteiger partial charge in [-0.1, -0.05) is 12.1 Å². The smallest absolute Gasteiger partial charge is 0.251 e. The van der Waals surface area contributed by atoms with E-state index in [0.717, 1.165) is 11.3 Å². The first-order valence-electron chi connectivity index (χ1n) is 5.10. The van der Waals surface area contributed by atoms with E-state index in [1.165, 1.54) is 11.3 Å². The summed E-state index contributed by atoms with van der Waals surface area (Å²) in [5.41, 5.74) is 4.26. The van der Waals surface area contributed by atoms with Gasteiger partial charge in [0, 0.05) is 16.8 Å². The molecule has 88 valence electrons. The molecule has 0 aliphatic rings. The Hall–Kier alpha value is -1.39. The van der Waals surface area contributed by atoms with E-state index >= 15 is 0 Å². The van der Waals surface area contributed by atoms with Crippen molar-refractivity contribution in [2.24, 2.45) is 0 Å². The van der Waals surface area contributed by atoms with E-state index in [2.05, 4.69) is 10.3 Å².